The van der Waals surface area contributed by atoms with Crippen LogP contribution < -0.4 is 0 Å². The van der Waals surface area contributed by atoms with Crippen molar-refractivity contribution in [3.8, 4) is 5.69 Å². The molecule has 2 aromatic rings. The Labute approximate surface area is 168 Å². The summed E-state index contributed by atoms with van der Waals surface area (Å²) in [5, 5.41) is 20.7. The number of carbonyl (C=O) groups excluding carboxylic acids is 1. The topological polar surface area (TPSA) is 110 Å². The summed E-state index contributed by atoms with van der Waals surface area (Å²) in [4.78, 5) is 32.6. The van der Waals surface area contributed by atoms with Crippen molar-refractivity contribution < 1.29 is 19.5 Å². The fourth-order valence-electron chi connectivity index (χ4n) is 3.22. The number of para-hydroxylation sites is 1. The number of aliphatic carboxylic acids is 1. The van der Waals surface area contributed by atoms with Gasteiger partial charge in [-0.2, -0.15) is 15.0 Å². The van der Waals surface area contributed by atoms with E-state index in [9.17, 15) is 9.59 Å². The van der Waals surface area contributed by atoms with Crippen LogP contribution in [0, 0.1) is 5.92 Å². The number of hydrogen-bond donors (Lipinski definition) is 1. The number of aromatic nitrogens is 3. The smallest absolute Gasteiger partial charge is 0.353 e. The summed E-state index contributed by atoms with van der Waals surface area (Å²) in [6.45, 7) is 7.62. The third-order valence-corrected chi connectivity index (χ3v) is 4.98. The minimum Gasteiger partial charge on any atom is -0.477 e. The SMILES string of the molecule is C=C(O/N=C(\C)C(=O)O)[C@@H]1CC[C@@H](C)N(C(=O)c2ccccc2-n2nccn2)C1. The van der Waals surface area contributed by atoms with Gasteiger partial charge in [0.05, 0.1) is 23.6 Å². The molecule has 1 aromatic carbocycles. The normalized spacial score (nSPS) is 19.7. The molecule has 1 amide bonds. The molecule has 1 saturated heterocycles. The molecule has 1 aliphatic rings. The number of piperidine rings is 1. The third kappa shape index (κ3) is 4.50. The summed E-state index contributed by atoms with van der Waals surface area (Å²) in [5.41, 5.74) is 0.944. The highest BCUT2D eigenvalue weighted by Crippen LogP contribution is 2.29. The van der Waals surface area contributed by atoms with Gasteiger partial charge < -0.3 is 14.8 Å². The molecule has 0 aliphatic carbocycles. The number of amides is 1. The maximum Gasteiger partial charge on any atom is 0.353 e. The van der Waals surface area contributed by atoms with E-state index in [-0.39, 0.29) is 23.6 Å². The lowest BCUT2D eigenvalue weighted by Gasteiger charge is -2.38. The highest BCUT2D eigenvalue weighted by Gasteiger charge is 2.33. The van der Waals surface area contributed by atoms with E-state index in [1.165, 1.54) is 11.7 Å². The maximum atomic E-state index is 13.3. The minimum absolute atomic E-state index is 0.0365. The Morgan fingerprint density at radius 2 is 1.93 bits per heavy atom. The van der Waals surface area contributed by atoms with Crippen molar-refractivity contribution in [2.24, 2.45) is 11.1 Å². The molecule has 0 saturated carbocycles. The largest absolute Gasteiger partial charge is 0.477 e. The van der Waals surface area contributed by atoms with E-state index in [1.807, 2.05) is 13.0 Å². The standard InChI is InChI=1S/C20H23N5O4/c1-13-8-9-16(15(3)29-23-14(2)20(27)28)12-24(13)19(26)17-6-4-5-7-18(17)25-21-10-11-22-25/h4-7,10-11,13,16H,3,8-9,12H2,1-2H3,(H,27,28)/b23-14+/t13-,16-/m1/s1. The summed E-state index contributed by atoms with van der Waals surface area (Å²) in [6.07, 6.45) is 4.65. The van der Waals surface area contributed by atoms with Gasteiger partial charge in [-0.05, 0) is 38.8 Å². The average Bonchev–Trinajstić information content (AvgIpc) is 3.26. The van der Waals surface area contributed by atoms with Crippen molar-refractivity contribution in [1.29, 1.82) is 0 Å². The van der Waals surface area contributed by atoms with Crippen LogP contribution in [0.25, 0.3) is 5.69 Å². The van der Waals surface area contributed by atoms with Gasteiger partial charge in [0.1, 0.15) is 5.76 Å². The molecule has 9 heteroatoms. The molecule has 29 heavy (non-hydrogen) atoms. The van der Waals surface area contributed by atoms with Crippen LogP contribution in [0.1, 0.15) is 37.0 Å². The van der Waals surface area contributed by atoms with E-state index < -0.39 is 5.97 Å². The van der Waals surface area contributed by atoms with Crippen molar-refractivity contribution in [3.05, 3.63) is 54.6 Å². The first-order valence-corrected chi connectivity index (χ1v) is 9.29. The zero-order valence-electron chi connectivity index (χ0n) is 16.4. The van der Waals surface area contributed by atoms with Crippen molar-refractivity contribution in [3.63, 3.8) is 0 Å². The van der Waals surface area contributed by atoms with Gasteiger partial charge in [-0.1, -0.05) is 23.9 Å². The predicted molar refractivity (Wildman–Crippen MR) is 106 cm³/mol. The maximum absolute atomic E-state index is 13.3. The number of oxime groups is 1. The van der Waals surface area contributed by atoms with Crippen molar-refractivity contribution in [2.75, 3.05) is 6.54 Å². The van der Waals surface area contributed by atoms with Crippen LogP contribution in [-0.2, 0) is 9.63 Å². The van der Waals surface area contributed by atoms with Crippen LogP contribution in [-0.4, -0.2) is 55.2 Å². The molecular weight excluding hydrogens is 374 g/mol. The van der Waals surface area contributed by atoms with Crippen LogP contribution in [0.5, 0.6) is 0 Å². The summed E-state index contributed by atoms with van der Waals surface area (Å²) in [7, 11) is 0. The van der Waals surface area contributed by atoms with Crippen molar-refractivity contribution in [1.82, 2.24) is 19.9 Å². The lowest BCUT2D eigenvalue weighted by Crippen LogP contribution is -2.46. The monoisotopic (exact) mass is 397 g/mol. The lowest BCUT2D eigenvalue weighted by molar-refractivity contribution is -0.129. The van der Waals surface area contributed by atoms with Gasteiger partial charge in [-0.25, -0.2) is 4.79 Å². The summed E-state index contributed by atoms with van der Waals surface area (Å²) in [5.74, 6) is -1.09. The van der Waals surface area contributed by atoms with E-state index >= 15 is 0 Å². The van der Waals surface area contributed by atoms with Gasteiger partial charge in [-0.3, -0.25) is 4.79 Å². The molecule has 0 spiro atoms. The minimum atomic E-state index is -1.16. The molecule has 3 rings (SSSR count). The van der Waals surface area contributed by atoms with E-state index in [0.29, 0.717) is 23.6 Å². The van der Waals surface area contributed by atoms with Crippen LogP contribution >= 0.6 is 0 Å². The van der Waals surface area contributed by atoms with Crippen LogP contribution in [0.4, 0.5) is 0 Å². The fourth-order valence-corrected chi connectivity index (χ4v) is 3.22. The van der Waals surface area contributed by atoms with Gasteiger partial charge in [0.2, 0.25) is 0 Å². The van der Waals surface area contributed by atoms with Crippen molar-refractivity contribution in [2.45, 2.75) is 32.7 Å². The Morgan fingerprint density at radius 1 is 1.24 bits per heavy atom. The molecule has 1 aliphatic heterocycles. The summed E-state index contributed by atoms with van der Waals surface area (Å²) in [6, 6.07) is 7.22. The van der Waals surface area contributed by atoms with E-state index in [1.54, 1.807) is 35.5 Å². The first-order valence-electron chi connectivity index (χ1n) is 9.29. The van der Waals surface area contributed by atoms with Gasteiger partial charge in [0, 0.05) is 18.5 Å². The van der Waals surface area contributed by atoms with Gasteiger partial charge in [-0.15, -0.1) is 0 Å². The number of carbonyl (C=O) groups is 2. The quantitative estimate of drug-likeness (QED) is 0.456. The van der Waals surface area contributed by atoms with E-state index in [4.69, 9.17) is 9.94 Å². The first kappa shape index (κ1) is 20.2. The molecule has 1 fully saturated rings. The molecule has 9 nitrogen and oxygen atoms in total. The summed E-state index contributed by atoms with van der Waals surface area (Å²) < 4.78 is 0. The van der Waals surface area contributed by atoms with Gasteiger partial charge >= 0.3 is 5.97 Å². The van der Waals surface area contributed by atoms with Gasteiger partial charge in [0.15, 0.2) is 5.71 Å². The second kappa shape index (κ2) is 8.68. The van der Waals surface area contributed by atoms with E-state index in [0.717, 1.165) is 12.8 Å². The number of rotatable bonds is 6. The molecule has 0 unspecified atom stereocenters. The number of likely N-dealkylation sites (tertiary alicyclic amines) is 1. The van der Waals surface area contributed by atoms with Crippen LogP contribution in [0.3, 0.4) is 0 Å². The molecule has 152 valence electrons. The number of nitrogens with zero attached hydrogens (tertiary/aromatic N) is 5. The molecular formula is C20H23N5O4. The number of carboxylic acid groups (broad SMARTS) is 1. The predicted octanol–water partition coefficient (Wildman–Crippen LogP) is 2.50. The van der Waals surface area contributed by atoms with Crippen LogP contribution in [0.15, 0.2) is 54.2 Å². The second-order valence-corrected chi connectivity index (χ2v) is 6.96. The Kier molecular flexibility index (Phi) is 6.06. The zero-order valence-corrected chi connectivity index (χ0v) is 16.4. The van der Waals surface area contributed by atoms with E-state index in [2.05, 4.69) is 21.9 Å². The molecule has 1 aromatic heterocycles. The Bertz CT molecular complexity index is 938. The number of benzene rings is 1. The highest BCUT2D eigenvalue weighted by molar-refractivity contribution is 6.34. The molecule has 1 N–H and O–H groups in total. The number of carboxylic acids is 1. The molecule has 0 radical (unpaired) electrons. The Hall–Kier alpha value is -3.49. The van der Waals surface area contributed by atoms with Crippen LogP contribution in [0.2, 0.25) is 0 Å². The second-order valence-electron chi connectivity index (χ2n) is 6.96. The Balaban J connectivity index is 1.78. The highest BCUT2D eigenvalue weighted by atomic mass is 16.6. The average molecular weight is 397 g/mol. The fraction of sp³-hybridized carbons (Fsp3) is 0.350. The third-order valence-electron chi connectivity index (χ3n) is 4.98. The van der Waals surface area contributed by atoms with Gasteiger partial charge in [0.25, 0.3) is 5.91 Å². The first-order chi connectivity index (χ1) is 13.9. The number of hydrogen-bond acceptors (Lipinski definition) is 6. The van der Waals surface area contributed by atoms with Crippen molar-refractivity contribution >= 4 is 17.6 Å². The molecule has 0 bridgehead atoms. The lowest BCUT2D eigenvalue weighted by atomic mass is 9.91. The zero-order chi connectivity index (χ0) is 21.0. The molecule has 2 atom stereocenters. The Morgan fingerprint density at radius 3 is 2.62 bits per heavy atom. The molecule has 2 heterocycles. The summed E-state index contributed by atoms with van der Waals surface area (Å²) >= 11 is 0.